The first-order valence-corrected chi connectivity index (χ1v) is 7.67. The number of rotatable bonds is 2. The number of carbonyl (C=O) groups is 1. The number of halogens is 1. The van der Waals surface area contributed by atoms with E-state index < -0.39 is 11.7 Å². The number of carbonyl (C=O) groups excluding carboxylic acids is 1. The second kappa shape index (κ2) is 6.09. The summed E-state index contributed by atoms with van der Waals surface area (Å²) in [5.74, 6) is 0.549. The van der Waals surface area contributed by atoms with Crippen molar-refractivity contribution >= 4 is 40.1 Å². The molecule has 0 aliphatic rings. The van der Waals surface area contributed by atoms with Crippen molar-refractivity contribution in [2.75, 3.05) is 5.32 Å². The lowest BCUT2D eigenvalue weighted by Gasteiger charge is -2.19. The van der Waals surface area contributed by atoms with E-state index >= 15 is 0 Å². The Labute approximate surface area is 143 Å². The minimum absolute atomic E-state index is 0.150. The minimum Gasteiger partial charge on any atom is -0.442 e. The third-order valence-corrected chi connectivity index (χ3v) is 3.25. The summed E-state index contributed by atoms with van der Waals surface area (Å²) in [6, 6.07) is 7.17. The first-order chi connectivity index (χ1) is 11.3. The van der Waals surface area contributed by atoms with Gasteiger partial charge in [-0.05, 0) is 50.6 Å². The van der Waals surface area contributed by atoms with E-state index in [1.807, 2.05) is 32.9 Å². The van der Waals surface area contributed by atoms with E-state index in [2.05, 4.69) is 20.4 Å². The summed E-state index contributed by atoms with van der Waals surface area (Å²) in [4.78, 5) is 20.2. The van der Waals surface area contributed by atoms with Gasteiger partial charge < -0.3 is 10.1 Å². The normalized spacial score (nSPS) is 11.5. The van der Waals surface area contributed by atoms with E-state index in [-0.39, 0.29) is 5.28 Å². The van der Waals surface area contributed by atoms with Crippen molar-refractivity contribution in [1.82, 2.24) is 19.7 Å². The van der Waals surface area contributed by atoms with Crippen LogP contribution in [0.2, 0.25) is 5.28 Å². The summed E-state index contributed by atoms with van der Waals surface area (Å²) < 4.78 is 6.60. The fourth-order valence-corrected chi connectivity index (χ4v) is 2.30. The van der Waals surface area contributed by atoms with Crippen LogP contribution in [0.4, 0.5) is 16.3 Å². The topological polar surface area (TPSA) is 81.9 Å². The fraction of sp³-hybridized carbons (Fsp3) is 0.250. The summed E-state index contributed by atoms with van der Waals surface area (Å²) in [5, 5.41) is 8.20. The van der Waals surface area contributed by atoms with E-state index in [9.17, 15) is 4.79 Å². The second-order valence-corrected chi connectivity index (χ2v) is 6.45. The molecule has 0 bridgehead atoms. The van der Waals surface area contributed by atoms with Gasteiger partial charge in [-0.25, -0.2) is 14.8 Å². The Balaban J connectivity index is 1.96. The number of fused-ring (bicyclic) bond motifs is 1. The summed E-state index contributed by atoms with van der Waals surface area (Å²) in [6.45, 7) is 5.42. The maximum atomic E-state index is 12.3. The lowest BCUT2D eigenvalue weighted by Crippen LogP contribution is -2.27. The quantitative estimate of drug-likeness (QED) is 0.707. The van der Waals surface area contributed by atoms with Crippen LogP contribution < -0.4 is 5.32 Å². The Bertz CT molecular complexity index is 901. The van der Waals surface area contributed by atoms with E-state index in [0.29, 0.717) is 11.3 Å². The zero-order valence-electron chi connectivity index (χ0n) is 13.4. The molecule has 0 spiro atoms. The molecule has 0 aliphatic heterocycles. The van der Waals surface area contributed by atoms with Gasteiger partial charge in [0.25, 0.3) is 0 Å². The molecule has 0 atom stereocenters. The van der Waals surface area contributed by atoms with Gasteiger partial charge in [-0.3, -0.25) is 0 Å². The number of anilines is 2. The highest BCUT2D eigenvalue weighted by Crippen LogP contribution is 2.26. The Morgan fingerprint density at radius 2 is 2.08 bits per heavy atom. The molecule has 0 aliphatic carbocycles. The van der Waals surface area contributed by atoms with Gasteiger partial charge in [0.1, 0.15) is 11.4 Å². The Hall–Kier alpha value is -2.67. The molecule has 0 fully saturated rings. The Morgan fingerprint density at radius 1 is 1.29 bits per heavy atom. The number of hydrogen-bond donors (Lipinski definition) is 1. The Kier molecular flexibility index (Phi) is 4.11. The maximum Gasteiger partial charge on any atom is 0.435 e. The van der Waals surface area contributed by atoms with Gasteiger partial charge >= 0.3 is 6.09 Å². The average Bonchev–Trinajstić information content (AvgIpc) is 2.90. The molecule has 2 heterocycles. The lowest BCUT2D eigenvalue weighted by molar-refractivity contribution is 0.0523. The maximum absolute atomic E-state index is 12.3. The van der Waals surface area contributed by atoms with Gasteiger partial charge in [-0.1, -0.05) is 6.07 Å². The van der Waals surface area contributed by atoms with E-state index in [1.165, 1.54) is 4.68 Å². The number of nitrogens with one attached hydrogen (secondary N) is 1. The fourth-order valence-electron chi connectivity index (χ4n) is 2.15. The first kappa shape index (κ1) is 16.2. The molecule has 0 amide bonds. The van der Waals surface area contributed by atoms with Gasteiger partial charge in [-0.15, -0.1) is 0 Å². The molecule has 0 saturated heterocycles. The summed E-state index contributed by atoms with van der Waals surface area (Å²) in [7, 11) is 0. The highest BCUT2D eigenvalue weighted by Gasteiger charge is 2.20. The SMILES string of the molecule is CC(C)(C)OC(=O)n1ncc2c(Nc3ccnc(Cl)n3)cccc21. The molecule has 3 aromatic rings. The van der Waals surface area contributed by atoms with Crippen molar-refractivity contribution < 1.29 is 9.53 Å². The standard InChI is InChI=1S/C16H16ClN5O2/c1-16(2,3)24-15(23)22-12-6-4-5-11(10(12)9-19-22)20-13-7-8-18-14(17)21-13/h4-9H,1-3H3,(H,18,20,21). The molecule has 7 nitrogen and oxygen atoms in total. The third-order valence-electron chi connectivity index (χ3n) is 3.07. The highest BCUT2D eigenvalue weighted by molar-refractivity contribution is 6.28. The molecule has 3 rings (SSSR count). The van der Waals surface area contributed by atoms with Gasteiger partial charge in [0, 0.05) is 11.6 Å². The number of nitrogens with zero attached hydrogens (tertiary/aromatic N) is 4. The molecule has 0 saturated carbocycles. The number of aromatic nitrogens is 4. The third kappa shape index (κ3) is 3.46. The monoisotopic (exact) mass is 345 g/mol. The van der Waals surface area contributed by atoms with Crippen molar-refractivity contribution in [3.63, 3.8) is 0 Å². The van der Waals surface area contributed by atoms with Crippen molar-refractivity contribution in [2.45, 2.75) is 26.4 Å². The summed E-state index contributed by atoms with van der Waals surface area (Å²) in [6.07, 6.45) is 2.63. The summed E-state index contributed by atoms with van der Waals surface area (Å²) >= 11 is 5.80. The molecule has 24 heavy (non-hydrogen) atoms. The number of ether oxygens (including phenoxy) is 1. The van der Waals surface area contributed by atoms with Crippen molar-refractivity contribution in [2.24, 2.45) is 0 Å². The number of hydrogen-bond acceptors (Lipinski definition) is 6. The lowest BCUT2D eigenvalue weighted by atomic mass is 10.2. The predicted molar refractivity (Wildman–Crippen MR) is 91.7 cm³/mol. The van der Waals surface area contributed by atoms with Crippen LogP contribution in [0, 0.1) is 0 Å². The van der Waals surface area contributed by atoms with E-state index in [0.717, 1.165) is 11.1 Å². The van der Waals surface area contributed by atoms with Crippen LogP contribution in [0.25, 0.3) is 10.9 Å². The van der Waals surface area contributed by atoms with Crippen LogP contribution in [-0.4, -0.2) is 31.4 Å². The molecular weight excluding hydrogens is 330 g/mol. The zero-order valence-corrected chi connectivity index (χ0v) is 14.2. The van der Waals surface area contributed by atoms with Gasteiger partial charge in [0.2, 0.25) is 5.28 Å². The van der Waals surface area contributed by atoms with Crippen molar-refractivity contribution in [1.29, 1.82) is 0 Å². The minimum atomic E-state index is -0.594. The van der Waals surface area contributed by atoms with Crippen LogP contribution >= 0.6 is 11.6 Å². The average molecular weight is 346 g/mol. The summed E-state index contributed by atoms with van der Waals surface area (Å²) in [5.41, 5.74) is 0.787. The molecular formula is C16H16ClN5O2. The second-order valence-electron chi connectivity index (χ2n) is 6.11. The molecule has 1 aromatic carbocycles. The molecule has 1 N–H and O–H groups in total. The van der Waals surface area contributed by atoms with Gasteiger partial charge in [-0.2, -0.15) is 9.78 Å². The molecule has 8 heteroatoms. The predicted octanol–water partition coefficient (Wildman–Crippen LogP) is 4.01. The largest absolute Gasteiger partial charge is 0.442 e. The molecule has 0 radical (unpaired) electrons. The smallest absolute Gasteiger partial charge is 0.435 e. The van der Waals surface area contributed by atoms with Gasteiger partial charge in [0.05, 0.1) is 17.4 Å². The van der Waals surface area contributed by atoms with Gasteiger partial charge in [0.15, 0.2) is 0 Å². The van der Waals surface area contributed by atoms with E-state index in [1.54, 1.807) is 24.5 Å². The van der Waals surface area contributed by atoms with Crippen molar-refractivity contribution in [3.8, 4) is 0 Å². The highest BCUT2D eigenvalue weighted by atomic mass is 35.5. The van der Waals surface area contributed by atoms with Crippen molar-refractivity contribution in [3.05, 3.63) is 41.9 Å². The Morgan fingerprint density at radius 3 is 2.79 bits per heavy atom. The van der Waals surface area contributed by atoms with Crippen LogP contribution in [0.15, 0.2) is 36.7 Å². The van der Waals surface area contributed by atoms with E-state index in [4.69, 9.17) is 16.3 Å². The molecule has 124 valence electrons. The number of benzene rings is 1. The zero-order chi connectivity index (χ0) is 17.3. The first-order valence-electron chi connectivity index (χ1n) is 7.29. The van der Waals surface area contributed by atoms with Crippen LogP contribution in [0.3, 0.4) is 0 Å². The molecule has 2 aromatic heterocycles. The van der Waals surface area contributed by atoms with Crippen LogP contribution in [0.5, 0.6) is 0 Å². The van der Waals surface area contributed by atoms with Crippen LogP contribution in [0.1, 0.15) is 20.8 Å². The molecule has 0 unspecified atom stereocenters. The van der Waals surface area contributed by atoms with Crippen LogP contribution in [-0.2, 0) is 4.74 Å².